The minimum atomic E-state index is -0.403. The molecule has 0 amide bonds. The Hall–Kier alpha value is -3.79. The molecule has 0 radical (unpaired) electrons. The Bertz CT molecular complexity index is 1480. The van der Waals surface area contributed by atoms with Crippen LogP contribution < -0.4 is 4.74 Å². The zero-order valence-electron chi connectivity index (χ0n) is 17.1. The summed E-state index contributed by atoms with van der Waals surface area (Å²) in [5.41, 5.74) is 2.42. The van der Waals surface area contributed by atoms with Crippen molar-refractivity contribution in [1.82, 2.24) is 25.0 Å². The summed E-state index contributed by atoms with van der Waals surface area (Å²) >= 11 is 3.49. The molecular weight excluding hydrogens is 478 g/mol. The van der Waals surface area contributed by atoms with Crippen molar-refractivity contribution >= 4 is 38.3 Å². The summed E-state index contributed by atoms with van der Waals surface area (Å²) in [6.45, 7) is 2.03. The van der Waals surface area contributed by atoms with Gasteiger partial charge in [-0.1, -0.05) is 45.4 Å². The van der Waals surface area contributed by atoms with Gasteiger partial charge in [-0.05, 0) is 25.1 Å². The van der Waals surface area contributed by atoms with Crippen LogP contribution in [-0.4, -0.2) is 38.0 Å². The largest absolute Gasteiger partial charge is 0.471 e. The van der Waals surface area contributed by atoms with E-state index in [0.29, 0.717) is 34.4 Å². The molecule has 3 heterocycles. The summed E-state index contributed by atoms with van der Waals surface area (Å²) in [4.78, 5) is 11.7. The molecule has 5 rings (SSSR count). The average molecular weight is 494 g/mol. The third kappa shape index (κ3) is 3.48. The van der Waals surface area contributed by atoms with Crippen molar-refractivity contribution in [3.05, 3.63) is 69.9 Å². The molecule has 0 aliphatic heterocycles. The standard InChI is InChI=1S/C22H16BrN5O4/c1-12-9-18(27-32-12)20-25-24-19-15-5-3-4-6-16(15)21(26-28(19)20)31-11-14-8-7-13(10-17(14)23)22(29)30-2/h3-10H,11H2,1-2H3. The summed E-state index contributed by atoms with van der Waals surface area (Å²) in [6, 6.07) is 14.6. The van der Waals surface area contributed by atoms with Crippen molar-refractivity contribution in [2.75, 3.05) is 7.11 Å². The van der Waals surface area contributed by atoms with Gasteiger partial charge in [0.2, 0.25) is 11.7 Å². The summed E-state index contributed by atoms with van der Waals surface area (Å²) in [7, 11) is 1.35. The van der Waals surface area contributed by atoms with E-state index in [-0.39, 0.29) is 6.61 Å². The molecule has 32 heavy (non-hydrogen) atoms. The molecule has 0 spiro atoms. The molecule has 0 fully saturated rings. The Kier molecular flexibility index (Phi) is 5.06. The fourth-order valence-corrected chi connectivity index (χ4v) is 3.84. The lowest BCUT2D eigenvalue weighted by Crippen LogP contribution is -2.05. The number of fused-ring (bicyclic) bond motifs is 3. The zero-order chi connectivity index (χ0) is 22.2. The Morgan fingerprint density at radius 3 is 2.66 bits per heavy atom. The van der Waals surface area contributed by atoms with Crippen LogP contribution in [0.3, 0.4) is 0 Å². The van der Waals surface area contributed by atoms with Gasteiger partial charge in [-0.25, -0.2) is 4.79 Å². The minimum Gasteiger partial charge on any atom is -0.471 e. The number of ether oxygens (including phenoxy) is 2. The van der Waals surface area contributed by atoms with Crippen LogP contribution in [-0.2, 0) is 11.3 Å². The number of aryl methyl sites for hydroxylation is 1. The first-order chi connectivity index (χ1) is 15.5. The second-order valence-electron chi connectivity index (χ2n) is 7.02. The third-order valence-corrected chi connectivity index (χ3v) is 5.66. The van der Waals surface area contributed by atoms with Crippen molar-refractivity contribution in [2.45, 2.75) is 13.5 Å². The van der Waals surface area contributed by atoms with Gasteiger partial charge in [-0.15, -0.1) is 15.3 Å². The molecule has 3 aromatic heterocycles. The van der Waals surface area contributed by atoms with Gasteiger partial charge < -0.3 is 14.0 Å². The number of methoxy groups -OCH3 is 1. The number of esters is 1. The summed E-state index contributed by atoms with van der Waals surface area (Å²) in [5, 5.41) is 18.9. The molecule has 0 saturated heterocycles. The van der Waals surface area contributed by atoms with Crippen molar-refractivity contribution in [3.8, 4) is 17.4 Å². The summed E-state index contributed by atoms with van der Waals surface area (Å²) < 4.78 is 18.4. The highest BCUT2D eigenvalue weighted by Crippen LogP contribution is 2.30. The number of benzene rings is 2. The lowest BCUT2D eigenvalue weighted by molar-refractivity contribution is 0.0600. The first-order valence-corrected chi connectivity index (χ1v) is 10.4. The van der Waals surface area contributed by atoms with E-state index < -0.39 is 5.97 Å². The van der Waals surface area contributed by atoms with Crippen molar-refractivity contribution in [2.24, 2.45) is 0 Å². The Morgan fingerprint density at radius 1 is 1.12 bits per heavy atom. The highest BCUT2D eigenvalue weighted by atomic mass is 79.9. The van der Waals surface area contributed by atoms with Gasteiger partial charge in [-0.3, -0.25) is 0 Å². The van der Waals surface area contributed by atoms with Crippen molar-refractivity contribution < 1.29 is 18.8 Å². The minimum absolute atomic E-state index is 0.227. The van der Waals surface area contributed by atoms with Crippen LogP contribution in [0, 0.1) is 6.92 Å². The lowest BCUT2D eigenvalue weighted by Gasteiger charge is -2.11. The van der Waals surface area contributed by atoms with Gasteiger partial charge in [-0.2, -0.15) is 4.52 Å². The highest BCUT2D eigenvalue weighted by Gasteiger charge is 2.18. The number of carbonyl (C=O) groups excluding carboxylic acids is 1. The maximum atomic E-state index is 11.7. The second-order valence-corrected chi connectivity index (χ2v) is 7.87. The Morgan fingerprint density at radius 2 is 1.94 bits per heavy atom. The molecule has 0 aliphatic rings. The van der Waals surface area contributed by atoms with Gasteiger partial charge in [0.1, 0.15) is 12.4 Å². The van der Waals surface area contributed by atoms with Crippen LogP contribution in [0.1, 0.15) is 21.7 Å². The van der Waals surface area contributed by atoms with E-state index in [0.717, 1.165) is 20.8 Å². The first kappa shape index (κ1) is 20.1. The second kappa shape index (κ2) is 8.04. The van der Waals surface area contributed by atoms with Gasteiger partial charge in [0.15, 0.2) is 11.3 Å². The molecule has 0 N–H and O–H groups in total. The van der Waals surface area contributed by atoms with E-state index >= 15 is 0 Å². The molecule has 10 heteroatoms. The maximum Gasteiger partial charge on any atom is 0.337 e. The van der Waals surface area contributed by atoms with Gasteiger partial charge in [0, 0.05) is 26.9 Å². The third-order valence-electron chi connectivity index (χ3n) is 4.93. The van der Waals surface area contributed by atoms with E-state index in [1.54, 1.807) is 35.7 Å². The molecule has 9 nitrogen and oxygen atoms in total. The Labute approximate surface area is 190 Å². The normalized spacial score (nSPS) is 11.2. The van der Waals surface area contributed by atoms with Crippen LogP contribution in [0.25, 0.3) is 27.9 Å². The summed E-state index contributed by atoms with van der Waals surface area (Å²) in [5.74, 6) is 1.13. The number of hydrogen-bond acceptors (Lipinski definition) is 8. The van der Waals surface area contributed by atoms with Gasteiger partial charge in [0.05, 0.1) is 12.7 Å². The zero-order valence-corrected chi connectivity index (χ0v) is 18.7. The fourth-order valence-electron chi connectivity index (χ4n) is 3.35. The molecule has 0 bridgehead atoms. The molecule has 0 unspecified atom stereocenters. The lowest BCUT2D eigenvalue weighted by atomic mass is 10.1. The van der Waals surface area contributed by atoms with Crippen LogP contribution in [0.4, 0.5) is 0 Å². The number of aromatic nitrogens is 5. The van der Waals surface area contributed by atoms with E-state index in [9.17, 15) is 4.79 Å². The Balaban J connectivity index is 1.55. The van der Waals surface area contributed by atoms with E-state index in [4.69, 9.17) is 14.0 Å². The van der Waals surface area contributed by atoms with Gasteiger partial charge >= 0.3 is 5.97 Å². The predicted octanol–water partition coefficient (Wildman–Crippen LogP) is 4.37. The van der Waals surface area contributed by atoms with E-state index in [1.165, 1.54) is 7.11 Å². The molecule has 0 aliphatic carbocycles. The monoisotopic (exact) mass is 493 g/mol. The van der Waals surface area contributed by atoms with Crippen LogP contribution >= 0.6 is 15.9 Å². The van der Waals surface area contributed by atoms with Gasteiger partial charge in [0.25, 0.3) is 0 Å². The predicted molar refractivity (Wildman–Crippen MR) is 118 cm³/mol. The van der Waals surface area contributed by atoms with Crippen molar-refractivity contribution in [1.29, 1.82) is 0 Å². The van der Waals surface area contributed by atoms with Crippen LogP contribution in [0.15, 0.2) is 57.5 Å². The highest BCUT2D eigenvalue weighted by molar-refractivity contribution is 9.10. The molecule has 0 atom stereocenters. The fraction of sp³-hybridized carbons (Fsp3) is 0.136. The molecule has 160 valence electrons. The number of nitrogens with zero attached hydrogens (tertiary/aromatic N) is 5. The van der Waals surface area contributed by atoms with Crippen molar-refractivity contribution in [3.63, 3.8) is 0 Å². The smallest absolute Gasteiger partial charge is 0.337 e. The molecule has 0 saturated carbocycles. The average Bonchev–Trinajstić information content (AvgIpc) is 3.43. The van der Waals surface area contributed by atoms with Crippen LogP contribution in [0.5, 0.6) is 5.88 Å². The summed E-state index contributed by atoms with van der Waals surface area (Å²) in [6.07, 6.45) is 0. The van der Waals surface area contributed by atoms with E-state index in [2.05, 4.69) is 36.4 Å². The maximum absolute atomic E-state index is 11.7. The first-order valence-electron chi connectivity index (χ1n) is 9.62. The number of hydrogen-bond donors (Lipinski definition) is 0. The SMILES string of the molecule is COC(=O)c1ccc(COc2nn3c(-c4cc(C)on4)nnc3c3ccccc23)c(Br)c1. The topological polar surface area (TPSA) is 105 Å². The van der Waals surface area contributed by atoms with Crippen LogP contribution in [0.2, 0.25) is 0 Å². The quantitative estimate of drug-likeness (QED) is 0.332. The molecular formula is C22H16BrN5O4. The number of carbonyl (C=O) groups is 1. The number of rotatable bonds is 5. The number of halogens is 1. The van der Waals surface area contributed by atoms with E-state index in [1.807, 2.05) is 24.3 Å². The molecule has 5 aromatic rings. The molecule has 2 aromatic carbocycles.